The van der Waals surface area contributed by atoms with E-state index in [0.717, 1.165) is 5.56 Å². The Balaban J connectivity index is 2.52. The maximum atomic E-state index is 8.07. The molecule has 1 aromatic heterocycles. The zero-order valence-electron chi connectivity index (χ0n) is 12.7. The van der Waals surface area contributed by atoms with Crippen LogP contribution in [0.4, 0.5) is 0 Å². The Morgan fingerprint density at radius 3 is 2.59 bits per heavy atom. The number of aromatic nitrogens is 2. The molecule has 2 nitrogen and oxygen atoms in total. The highest BCUT2D eigenvalue weighted by molar-refractivity contribution is 6.28. The van der Waals surface area contributed by atoms with E-state index in [2.05, 4.69) is 9.97 Å². The van der Waals surface area contributed by atoms with Crippen LogP contribution in [0, 0.1) is 0 Å². The van der Waals surface area contributed by atoms with Crippen LogP contribution in [0.15, 0.2) is 54.5 Å². The van der Waals surface area contributed by atoms with Crippen molar-refractivity contribution in [2.75, 3.05) is 0 Å². The van der Waals surface area contributed by atoms with Crippen LogP contribution >= 0.6 is 11.6 Å². The monoisotopic (exact) mass is 244 g/mol. The first-order valence-electron chi connectivity index (χ1n) is 6.99. The molecule has 2 aromatic carbocycles. The molecular formula is C14H9ClN2. The van der Waals surface area contributed by atoms with Gasteiger partial charge >= 0.3 is 0 Å². The highest BCUT2D eigenvalue weighted by Gasteiger charge is 2.07. The topological polar surface area (TPSA) is 25.8 Å². The number of hydrogen-bond acceptors (Lipinski definition) is 2. The van der Waals surface area contributed by atoms with Gasteiger partial charge in [0.1, 0.15) is 0 Å². The summed E-state index contributed by atoms with van der Waals surface area (Å²) in [7, 11) is 0. The molecule has 0 amide bonds. The third-order valence-electron chi connectivity index (χ3n) is 2.36. The molecule has 3 aromatic rings. The fraction of sp³-hybridized carbons (Fsp3) is 0. The summed E-state index contributed by atoms with van der Waals surface area (Å²) >= 11 is 5.92. The van der Waals surface area contributed by atoms with Gasteiger partial charge in [0, 0.05) is 10.9 Å². The Hall–Kier alpha value is -1.93. The Morgan fingerprint density at radius 1 is 1.00 bits per heavy atom. The fourth-order valence-corrected chi connectivity index (χ4v) is 1.80. The lowest BCUT2D eigenvalue weighted by molar-refractivity contribution is 1.22. The maximum Gasteiger partial charge on any atom is 0.223 e. The lowest BCUT2D eigenvalue weighted by atomic mass is 10.1. The third kappa shape index (κ3) is 1.87. The summed E-state index contributed by atoms with van der Waals surface area (Å²) in [5, 5.41) is 0.225. The first kappa shape index (κ1) is 6.72. The number of hydrogen-bond donors (Lipinski definition) is 0. The van der Waals surface area contributed by atoms with Crippen LogP contribution in [0.5, 0.6) is 0 Å². The second kappa shape index (κ2) is 4.15. The van der Waals surface area contributed by atoms with Crippen molar-refractivity contribution in [3.8, 4) is 11.3 Å². The molecule has 0 N–H and O–H groups in total. The lowest BCUT2D eigenvalue weighted by Gasteiger charge is -2.05. The van der Waals surface area contributed by atoms with Crippen molar-refractivity contribution >= 4 is 22.5 Å². The van der Waals surface area contributed by atoms with E-state index in [4.69, 9.17) is 17.1 Å². The molecule has 0 saturated heterocycles. The van der Waals surface area contributed by atoms with Crippen molar-refractivity contribution in [3.63, 3.8) is 0 Å². The van der Waals surface area contributed by atoms with Gasteiger partial charge in [0.2, 0.25) is 5.28 Å². The first-order valence-corrected chi connectivity index (χ1v) is 5.37. The van der Waals surface area contributed by atoms with E-state index < -0.39 is 0 Å². The van der Waals surface area contributed by atoms with Crippen molar-refractivity contribution in [2.24, 2.45) is 0 Å². The van der Waals surface area contributed by atoms with E-state index in [0.29, 0.717) is 5.69 Å². The van der Waals surface area contributed by atoms with Gasteiger partial charge in [0.15, 0.2) is 0 Å². The van der Waals surface area contributed by atoms with Crippen LogP contribution < -0.4 is 0 Å². The van der Waals surface area contributed by atoms with Gasteiger partial charge in [0.05, 0.1) is 16.7 Å². The average Bonchev–Trinajstić information content (AvgIpc) is 2.51. The third-order valence-corrected chi connectivity index (χ3v) is 2.53. The van der Waals surface area contributed by atoms with Crippen LogP contribution in [-0.4, -0.2) is 9.97 Å². The Bertz CT molecular complexity index is 853. The molecule has 3 heteroatoms. The molecule has 0 aliphatic heterocycles. The number of benzene rings is 2. The minimum Gasteiger partial charge on any atom is -0.218 e. The molecule has 0 atom stereocenters. The number of para-hydroxylation sites is 1. The normalized spacial score (nSPS) is 13.9. The highest BCUT2D eigenvalue weighted by Crippen LogP contribution is 2.26. The molecule has 0 fully saturated rings. The molecule has 0 radical (unpaired) electrons. The zero-order valence-corrected chi connectivity index (χ0v) is 9.42. The molecule has 1 heterocycles. The van der Waals surface area contributed by atoms with Gasteiger partial charge in [0.25, 0.3) is 0 Å². The van der Waals surface area contributed by atoms with E-state index in [9.17, 15) is 0 Å². The van der Waals surface area contributed by atoms with E-state index >= 15 is 0 Å². The van der Waals surface area contributed by atoms with Gasteiger partial charge in [-0.2, -0.15) is 0 Å². The first-order chi connectivity index (χ1) is 10.0. The summed E-state index contributed by atoms with van der Waals surface area (Å²) in [4.78, 5) is 8.12. The standard InChI is InChI=1S/C14H9ClN2/c15-14-16-12-9-5-4-8-11(12)13(17-14)10-6-2-1-3-7-10/h1-9H/i4D,5D,8D,9D. The summed E-state index contributed by atoms with van der Waals surface area (Å²) in [5.41, 5.74) is 1.24. The predicted molar refractivity (Wildman–Crippen MR) is 70.0 cm³/mol. The van der Waals surface area contributed by atoms with Gasteiger partial charge in [-0.05, 0) is 17.6 Å². The predicted octanol–water partition coefficient (Wildman–Crippen LogP) is 3.95. The number of nitrogens with zero attached hydrogens (tertiary/aromatic N) is 2. The van der Waals surface area contributed by atoms with Crippen LogP contribution in [0.3, 0.4) is 0 Å². The van der Waals surface area contributed by atoms with E-state index in [1.807, 2.05) is 18.2 Å². The minimum absolute atomic E-state index is 0.0496. The van der Waals surface area contributed by atoms with E-state index in [-0.39, 0.29) is 40.4 Å². The van der Waals surface area contributed by atoms with Crippen molar-refractivity contribution in [1.82, 2.24) is 9.97 Å². The molecule has 0 spiro atoms. The molecular weight excluding hydrogens is 232 g/mol. The summed E-state index contributed by atoms with van der Waals surface area (Å²) in [5.74, 6) is 0. The lowest BCUT2D eigenvalue weighted by Crippen LogP contribution is -1.90. The van der Waals surface area contributed by atoms with Gasteiger partial charge < -0.3 is 0 Å². The SMILES string of the molecule is [2H]c1c([2H])c([2H])c2c(-c3ccccc3)nc(Cl)nc2c1[2H]. The Labute approximate surface area is 110 Å². The fourth-order valence-electron chi connectivity index (χ4n) is 1.63. The highest BCUT2D eigenvalue weighted by atomic mass is 35.5. The second-order valence-electron chi connectivity index (χ2n) is 3.43. The number of halogens is 1. The smallest absolute Gasteiger partial charge is 0.218 e. The van der Waals surface area contributed by atoms with Crippen LogP contribution in [0.25, 0.3) is 22.2 Å². The Morgan fingerprint density at radius 2 is 1.76 bits per heavy atom. The van der Waals surface area contributed by atoms with Crippen LogP contribution in [0.2, 0.25) is 5.28 Å². The number of rotatable bonds is 1. The number of fused-ring (bicyclic) bond motifs is 1. The largest absolute Gasteiger partial charge is 0.223 e. The van der Waals surface area contributed by atoms with Crippen molar-refractivity contribution in [1.29, 1.82) is 0 Å². The van der Waals surface area contributed by atoms with Gasteiger partial charge in [-0.3, -0.25) is 0 Å². The Kier molecular flexibility index (Phi) is 1.64. The molecule has 0 aliphatic rings. The van der Waals surface area contributed by atoms with E-state index in [1.165, 1.54) is 0 Å². The summed E-state index contributed by atoms with van der Waals surface area (Å²) in [6.07, 6.45) is 0. The summed E-state index contributed by atoms with van der Waals surface area (Å²) < 4.78 is 31.5. The van der Waals surface area contributed by atoms with Gasteiger partial charge in [-0.1, -0.05) is 48.5 Å². The van der Waals surface area contributed by atoms with Crippen LogP contribution in [0.1, 0.15) is 5.48 Å². The molecule has 82 valence electrons. The van der Waals surface area contributed by atoms with Crippen LogP contribution in [-0.2, 0) is 0 Å². The minimum atomic E-state index is -0.332. The molecule has 0 unspecified atom stereocenters. The molecule has 0 aliphatic carbocycles. The molecule has 0 bridgehead atoms. The van der Waals surface area contributed by atoms with Crippen molar-refractivity contribution in [2.45, 2.75) is 0 Å². The molecule has 17 heavy (non-hydrogen) atoms. The summed E-state index contributed by atoms with van der Waals surface area (Å²) in [6, 6.07) is 8.08. The maximum absolute atomic E-state index is 8.07. The quantitative estimate of drug-likeness (QED) is 0.606. The molecule has 0 saturated carbocycles. The second-order valence-corrected chi connectivity index (χ2v) is 3.77. The van der Waals surface area contributed by atoms with Gasteiger partial charge in [-0.25, -0.2) is 9.97 Å². The van der Waals surface area contributed by atoms with Gasteiger partial charge in [-0.15, -0.1) is 0 Å². The van der Waals surface area contributed by atoms with E-state index in [1.54, 1.807) is 12.1 Å². The summed E-state index contributed by atoms with van der Waals surface area (Å²) in [6.45, 7) is 0. The average molecular weight is 245 g/mol. The van der Waals surface area contributed by atoms with Crippen molar-refractivity contribution in [3.05, 3.63) is 59.8 Å². The molecule has 3 rings (SSSR count). The zero-order chi connectivity index (χ0) is 15.1. The van der Waals surface area contributed by atoms with Crippen molar-refractivity contribution < 1.29 is 5.48 Å².